The zero-order valence-corrected chi connectivity index (χ0v) is 11.1. The average Bonchev–Trinajstić information content (AvgIpc) is 2.37. The Balaban J connectivity index is 2.05. The first-order chi connectivity index (χ1) is 8.44. The molecule has 1 fully saturated rings. The quantitative estimate of drug-likeness (QED) is 0.674. The Bertz CT molecular complexity index is 482. The van der Waals surface area contributed by atoms with Gasteiger partial charge in [0.15, 0.2) is 0 Å². The van der Waals surface area contributed by atoms with Crippen LogP contribution in [0, 0.1) is 5.41 Å². The van der Waals surface area contributed by atoms with E-state index < -0.39 is 0 Å². The number of anilines is 2. The molecule has 0 saturated carbocycles. The lowest BCUT2D eigenvalue weighted by atomic mass is 9.83. The fraction of sp³-hybridized carbons (Fsp3) is 0.385. The maximum absolute atomic E-state index is 11.8. The van der Waals surface area contributed by atoms with E-state index >= 15 is 0 Å². The van der Waals surface area contributed by atoms with Gasteiger partial charge in [-0.25, -0.2) is 0 Å². The van der Waals surface area contributed by atoms with Gasteiger partial charge in [-0.2, -0.15) is 0 Å². The summed E-state index contributed by atoms with van der Waals surface area (Å²) in [6.07, 6.45) is 0. The lowest BCUT2D eigenvalue weighted by Gasteiger charge is -2.44. The first-order valence-electron chi connectivity index (χ1n) is 5.72. The van der Waals surface area contributed by atoms with Gasteiger partial charge in [-0.05, 0) is 38.1 Å². The van der Waals surface area contributed by atoms with E-state index in [1.165, 1.54) is 0 Å². The van der Waals surface area contributed by atoms with E-state index in [0.29, 0.717) is 5.69 Å². The molecule has 96 valence electrons. The molecule has 18 heavy (non-hydrogen) atoms. The van der Waals surface area contributed by atoms with Crippen LogP contribution in [-0.2, 0) is 9.59 Å². The Hall–Kier alpha value is -1.55. The minimum absolute atomic E-state index is 0.0689. The van der Waals surface area contributed by atoms with Gasteiger partial charge in [-0.1, -0.05) is 0 Å². The third kappa shape index (κ3) is 2.34. The molecule has 0 bridgehead atoms. The zero-order valence-electron chi connectivity index (χ0n) is 10.4. The van der Waals surface area contributed by atoms with Crippen molar-refractivity contribution in [1.29, 1.82) is 0 Å². The molecule has 0 radical (unpaired) electrons. The molecule has 5 heteroatoms. The summed E-state index contributed by atoms with van der Waals surface area (Å²) in [4.78, 5) is 24.7. The van der Waals surface area contributed by atoms with Crippen molar-refractivity contribution in [2.45, 2.75) is 13.8 Å². The summed E-state index contributed by atoms with van der Waals surface area (Å²) >= 11 is 5.40. The van der Waals surface area contributed by atoms with E-state index in [1.807, 2.05) is 26.0 Å². The second-order valence-corrected chi connectivity index (χ2v) is 5.27. The van der Waals surface area contributed by atoms with E-state index in [0.717, 1.165) is 12.2 Å². The molecule has 2 rings (SSSR count). The SMILES string of the molecule is CC1(C)CN(c2ccc(NC(=O)CCl)cc2)C1=O. The summed E-state index contributed by atoms with van der Waals surface area (Å²) in [5.74, 6) is -0.189. The number of nitrogens with zero attached hydrogens (tertiary/aromatic N) is 1. The van der Waals surface area contributed by atoms with Gasteiger partial charge in [0.2, 0.25) is 11.8 Å². The summed E-state index contributed by atoms with van der Waals surface area (Å²) in [5, 5.41) is 2.65. The van der Waals surface area contributed by atoms with E-state index in [-0.39, 0.29) is 23.1 Å². The van der Waals surface area contributed by atoms with Gasteiger partial charge in [-0.3, -0.25) is 9.59 Å². The first kappa shape index (κ1) is 12.9. The normalized spacial score (nSPS) is 17.3. The predicted molar refractivity (Wildman–Crippen MR) is 71.9 cm³/mol. The molecule has 0 aliphatic carbocycles. The molecule has 2 amide bonds. The highest BCUT2D eigenvalue weighted by molar-refractivity contribution is 6.29. The molecule has 1 heterocycles. The molecular weight excluding hydrogens is 252 g/mol. The van der Waals surface area contributed by atoms with Crippen LogP contribution in [0.5, 0.6) is 0 Å². The van der Waals surface area contributed by atoms with Crippen LogP contribution in [0.1, 0.15) is 13.8 Å². The van der Waals surface area contributed by atoms with Crippen molar-refractivity contribution in [2.24, 2.45) is 5.41 Å². The van der Waals surface area contributed by atoms with E-state index in [2.05, 4.69) is 5.32 Å². The maximum Gasteiger partial charge on any atom is 0.239 e. The Morgan fingerprint density at radius 1 is 1.39 bits per heavy atom. The van der Waals surface area contributed by atoms with Crippen LogP contribution in [0.4, 0.5) is 11.4 Å². The number of β-lactam (4-membered cyclic amide) rings is 1. The van der Waals surface area contributed by atoms with Crippen LogP contribution in [-0.4, -0.2) is 24.2 Å². The van der Waals surface area contributed by atoms with Crippen molar-refractivity contribution in [2.75, 3.05) is 22.6 Å². The maximum atomic E-state index is 11.8. The highest BCUT2D eigenvalue weighted by atomic mass is 35.5. The molecule has 1 aliphatic heterocycles. The zero-order chi connectivity index (χ0) is 13.3. The summed E-state index contributed by atoms with van der Waals surface area (Å²) in [6.45, 7) is 4.58. The number of hydrogen-bond acceptors (Lipinski definition) is 2. The molecule has 1 aliphatic rings. The molecule has 1 aromatic carbocycles. The largest absolute Gasteiger partial charge is 0.325 e. The monoisotopic (exact) mass is 266 g/mol. The minimum Gasteiger partial charge on any atom is -0.325 e. The number of nitrogens with one attached hydrogen (secondary N) is 1. The van der Waals surface area contributed by atoms with Crippen molar-refractivity contribution in [1.82, 2.24) is 0 Å². The van der Waals surface area contributed by atoms with Gasteiger partial charge in [0.25, 0.3) is 0 Å². The number of amides is 2. The highest BCUT2D eigenvalue weighted by Gasteiger charge is 2.44. The van der Waals surface area contributed by atoms with Crippen LogP contribution in [0.25, 0.3) is 0 Å². The summed E-state index contributed by atoms with van der Waals surface area (Å²) in [5.41, 5.74) is 1.27. The van der Waals surface area contributed by atoms with Crippen LogP contribution in [0.2, 0.25) is 0 Å². The van der Waals surface area contributed by atoms with E-state index in [9.17, 15) is 9.59 Å². The number of hydrogen-bond donors (Lipinski definition) is 1. The van der Waals surface area contributed by atoms with Crippen molar-refractivity contribution < 1.29 is 9.59 Å². The average molecular weight is 267 g/mol. The number of rotatable bonds is 3. The molecule has 1 saturated heterocycles. The molecule has 1 N–H and O–H groups in total. The Labute approximate surface area is 111 Å². The molecule has 0 atom stereocenters. The van der Waals surface area contributed by atoms with Gasteiger partial charge < -0.3 is 10.2 Å². The molecular formula is C13H15ClN2O2. The third-order valence-corrected chi connectivity index (χ3v) is 3.20. The van der Waals surface area contributed by atoms with E-state index in [1.54, 1.807) is 17.0 Å². The second-order valence-electron chi connectivity index (χ2n) is 5.00. The Morgan fingerprint density at radius 3 is 2.44 bits per heavy atom. The molecule has 0 spiro atoms. The number of alkyl halides is 1. The molecule has 1 aromatic rings. The Kier molecular flexibility index (Phi) is 3.30. The van der Waals surface area contributed by atoms with Crippen LogP contribution in [0.3, 0.4) is 0 Å². The fourth-order valence-electron chi connectivity index (χ4n) is 1.94. The third-order valence-electron chi connectivity index (χ3n) is 2.96. The predicted octanol–water partition coefficient (Wildman–Crippen LogP) is 2.24. The van der Waals surface area contributed by atoms with E-state index in [4.69, 9.17) is 11.6 Å². The fourth-order valence-corrected chi connectivity index (χ4v) is 2.00. The molecule has 0 unspecified atom stereocenters. The van der Waals surface area contributed by atoms with Crippen molar-refractivity contribution >= 4 is 34.8 Å². The summed E-state index contributed by atoms with van der Waals surface area (Å²) < 4.78 is 0. The standard InChI is InChI=1S/C13H15ClN2O2/c1-13(2)8-16(12(13)18)10-5-3-9(4-6-10)15-11(17)7-14/h3-6H,7-8H2,1-2H3,(H,15,17). The summed E-state index contributed by atoms with van der Waals surface area (Å²) in [7, 11) is 0. The molecule has 4 nitrogen and oxygen atoms in total. The summed E-state index contributed by atoms with van der Waals surface area (Å²) in [6, 6.07) is 7.16. The van der Waals surface area contributed by atoms with Gasteiger partial charge >= 0.3 is 0 Å². The lowest BCUT2D eigenvalue weighted by molar-refractivity contribution is -0.132. The van der Waals surface area contributed by atoms with Gasteiger partial charge in [0.1, 0.15) is 5.88 Å². The number of carbonyl (C=O) groups excluding carboxylic acids is 2. The minimum atomic E-state index is -0.258. The first-order valence-corrected chi connectivity index (χ1v) is 6.25. The van der Waals surface area contributed by atoms with Crippen molar-refractivity contribution in [3.8, 4) is 0 Å². The van der Waals surface area contributed by atoms with Crippen molar-refractivity contribution in [3.05, 3.63) is 24.3 Å². The topological polar surface area (TPSA) is 49.4 Å². The van der Waals surface area contributed by atoms with Gasteiger partial charge in [0.05, 0.1) is 5.41 Å². The van der Waals surface area contributed by atoms with Gasteiger partial charge in [0, 0.05) is 17.9 Å². The Morgan fingerprint density at radius 2 is 2.00 bits per heavy atom. The molecule has 0 aromatic heterocycles. The van der Waals surface area contributed by atoms with Crippen LogP contribution < -0.4 is 10.2 Å². The van der Waals surface area contributed by atoms with Crippen LogP contribution in [0.15, 0.2) is 24.3 Å². The second kappa shape index (κ2) is 4.61. The smallest absolute Gasteiger partial charge is 0.239 e. The lowest BCUT2D eigenvalue weighted by Crippen LogP contribution is -2.58. The van der Waals surface area contributed by atoms with Crippen LogP contribution >= 0.6 is 11.6 Å². The number of carbonyl (C=O) groups is 2. The van der Waals surface area contributed by atoms with Gasteiger partial charge in [-0.15, -0.1) is 11.6 Å². The number of benzene rings is 1. The number of halogens is 1. The highest BCUT2D eigenvalue weighted by Crippen LogP contribution is 2.35. The van der Waals surface area contributed by atoms with Crippen molar-refractivity contribution in [3.63, 3.8) is 0 Å².